The van der Waals surface area contributed by atoms with E-state index < -0.39 is 149 Å². The molecule has 1 heterocycles. The van der Waals surface area contributed by atoms with E-state index in [0.29, 0.717) is 6.42 Å². The number of rotatable bonds is 16. The Morgan fingerprint density at radius 1 is 0.575 bits per heavy atom. The number of hydrogen-bond acceptors (Lipinski definition) is 13. The predicted molar refractivity (Wildman–Crippen MR) is 336 cm³/mol. The fourth-order valence-corrected chi connectivity index (χ4v) is 11.6. The first-order valence-corrected chi connectivity index (χ1v) is 31.6. The molecular formula is C61H108N12O13S. The third-order valence-corrected chi connectivity index (χ3v) is 17.1. The SMILES string of the molecule is C/C=C/C[C@@H](C)CC1NC(=O)N[C@@H](CC)C(=O)N(C)CC(=O)N(C)[C@@H](CC(C)C)C(=O)N[C@@H](C(C)C)C(=O)N(C)[C@@H](CC(C)C)C(=O)N[C@@H](C)C(=O)N[C@H](C)C(=O)N(C)[C@@H](CC(C)C)C(=O)N(C)[C@@H](CC(C)C)C(=O)N(C)[C@H](C(N)=O)CSC1C(=O)O. The number of hydrogen-bond donors (Lipinski definition) is 7. The van der Waals surface area contributed by atoms with Crippen molar-refractivity contribution in [2.24, 2.45) is 41.2 Å². The van der Waals surface area contributed by atoms with Gasteiger partial charge in [-0.05, 0) is 101 Å². The molecule has 25 nitrogen and oxygen atoms in total. The van der Waals surface area contributed by atoms with Crippen LogP contribution in [0.3, 0.4) is 0 Å². The molecular weight excluding hydrogens is 1140 g/mol. The number of nitrogens with zero attached hydrogens (tertiary/aromatic N) is 6. The maximum absolute atomic E-state index is 14.8. The number of amides is 12. The van der Waals surface area contributed by atoms with Crippen molar-refractivity contribution in [3.05, 3.63) is 12.2 Å². The maximum Gasteiger partial charge on any atom is 0.318 e. The van der Waals surface area contributed by atoms with Crippen LogP contribution in [0, 0.1) is 35.5 Å². The normalized spacial score (nSPS) is 27.0. The molecule has 12 amide bonds. The summed E-state index contributed by atoms with van der Waals surface area (Å²) in [6, 6.07) is -13.1. The van der Waals surface area contributed by atoms with E-state index in [1.807, 2.05) is 81.4 Å². The Morgan fingerprint density at radius 2 is 1.02 bits per heavy atom. The van der Waals surface area contributed by atoms with Crippen molar-refractivity contribution >= 4 is 82.8 Å². The molecule has 1 aliphatic heterocycles. The van der Waals surface area contributed by atoms with Gasteiger partial charge in [0.1, 0.15) is 59.6 Å². The van der Waals surface area contributed by atoms with Gasteiger partial charge in [-0.3, -0.25) is 52.7 Å². The standard InChI is InChI=1S/C61H108N12O13S/c1-22-24-25-38(13)30-42-50(60(84)85)87-32-47(51(62)75)73(21)58(82)46(29-36(9)10)72(20)57(81)45(28-35(7)8)71(19)55(79)40(15)64-52(76)39(14)63-53(77)44(27-34(5)6)70(18)59(83)49(37(11)12)67-54(78)43(26-33(3)4)69(17)48(74)31-68(16)56(80)41(23-2)65-61(86)66-42/h22,24,33-47,49-50H,23,25-32H2,1-21H3,(H2,62,75)(H,63,77)(H,64,76)(H,67,78)(H,84,85)(H2,65,66,86)/b24-22+/t38-,39+,40-,41+,42?,43+,44+,45+,46+,47+,49+,50?/m1/s1. The molecule has 26 heteroatoms. The van der Waals surface area contributed by atoms with Crippen LogP contribution in [0.2, 0.25) is 0 Å². The van der Waals surface area contributed by atoms with Crippen molar-refractivity contribution in [1.29, 1.82) is 0 Å². The molecule has 8 N–H and O–H groups in total. The van der Waals surface area contributed by atoms with Crippen molar-refractivity contribution in [2.45, 2.75) is 214 Å². The smallest absolute Gasteiger partial charge is 0.318 e. The number of nitrogens with one attached hydrogen (secondary N) is 5. The zero-order valence-corrected chi connectivity index (χ0v) is 56.7. The van der Waals surface area contributed by atoms with Crippen molar-refractivity contribution in [2.75, 3.05) is 54.6 Å². The number of carboxylic acid groups (broad SMARTS) is 1. The van der Waals surface area contributed by atoms with Crippen molar-refractivity contribution in [3.8, 4) is 0 Å². The van der Waals surface area contributed by atoms with Crippen LogP contribution >= 0.6 is 11.8 Å². The zero-order chi connectivity index (χ0) is 67.2. The number of carbonyl (C=O) groups is 12. The van der Waals surface area contributed by atoms with Crippen molar-refractivity contribution in [3.63, 3.8) is 0 Å². The second-order valence-electron chi connectivity index (χ2n) is 25.6. The molecule has 0 aromatic rings. The number of aliphatic carboxylic acids is 1. The van der Waals surface area contributed by atoms with Gasteiger partial charge in [0, 0.05) is 48.0 Å². The summed E-state index contributed by atoms with van der Waals surface area (Å²) in [7, 11) is 8.32. The third-order valence-electron chi connectivity index (χ3n) is 15.7. The molecule has 0 spiro atoms. The summed E-state index contributed by atoms with van der Waals surface area (Å²) < 4.78 is 0. The molecule has 0 aromatic heterocycles. The minimum Gasteiger partial charge on any atom is -0.480 e. The number of allylic oxidation sites excluding steroid dienone is 2. The molecule has 496 valence electrons. The lowest BCUT2D eigenvalue weighted by Crippen LogP contribution is -2.61. The fourth-order valence-electron chi connectivity index (χ4n) is 10.3. The van der Waals surface area contributed by atoms with Gasteiger partial charge in [0.25, 0.3) is 0 Å². The molecule has 2 unspecified atom stereocenters. The first-order valence-electron chi connectivity index (χ1n) is 30.6. The van der Waals surface area contributed by atoms with E-state index in [4.69, 9.17) is 5.73 Å². The Kier molecular flexibility index (Phi) is 33.2. The van der Waals surface area contributed by atoms with Gasteiger partial charge in [-0.15, -0.1) is 11.8 Å². The van der Waals surface area contributed by atoms with Crippen LogP contribution in [0.4, 0.5) is 4.79 Å². The first kappa shape index (κ1) is 78.5. The van der Waals surface area contributed by atoms with Crippen LogP contribution in [-0.2, 0) is 52.7 Å². The van der Waals surface area contributed by atoms with Gasteiger partial charge in [-0.25, -0.2) is 4.79 Å². The highest BCUT2D eigenvalue weighted by molar-refractivity contribution is 8.00. The largest absolute Gasteiger partial charge is 0.480 e. The minimum atomic E-state index is -1.45. The molecule has 1 aliphatic rings. The number of thioether (sulfide) groups is 1. The second-order valence-corrected chi connectivity index (χ2v) is 26.8. The van der Waals surface area contributed by atoms with Crippen molar-refractivity contribution < 1.29 is 62.6 Å². The minimum absolute atomic E-state index is 0.0389. The van der Waals surface area contributed by atoms with Crippen LogP contribution in [-0.4, -0.2) is 226 Å². The third kappa shape index (κ3) is 24.2. The van der Waals surface area contributed by atoms with Crippen molar-refractivity contribution in [1.82, 2.24) is 56.0 Å². The lowest BCUT2D eigenvalue weighted by molar-refractivity contribution is -0.152. The maximum atomic E-state index is 14.8. The van der Waals surface area contributed by atoms with E-state index in [0.717, 1.165) is 21.6 Å². The number of nitrogens with two attached hydrogens (primary N) is 1. The molecule has 0 aromatic carbocycles. The van der Waals surface area contributed by atoms with Crippen LogP contribution in [0.1, 0.15) is 149 Å². The molecule has 0 bridgehead atoms. The number of carboxylic acids is 1. The topological polar surface area (TPSA) is 331 Å². The van der Waals surface area contributed by atoms with Gasteiger partial charge in [0.2, 0.25) is 59.1 Å². The number of carbonyl (C=O) groups excluding carboxylic acids is 11. The Bertz CT molecular complexity index is 2410. The average Bonchev–Trinajstić information content (AvgIpc) is 2.08. The van der Waals surface area contributed by atoms with E-state index in [1.165, 1.54) is 75.7 Å². The highest BCUT2D eigenvalue weighted by Gasteiger charge is 2.43. The fraction of sp³-hybridized carbons (Fsp3) is 0.770. The summed E-state index contributed by atoms with van der Waals surface area (Å²) in [6.07, 6.45) is 4.88. The zero-order valence-electron chi connectivity index (χ0n) is 55.8. The van der Waals surface area contributed by atoms with Gasteiger partial charge in [0.05, 0.1) is 12.6 Å². The van der Waals surface area contributed by atoms with E-state index >= 15 is 0 Å². The quantitative estimate of drug-likeness (QED) is 0.109. The van der Waals surface area contributed by atoms with E-state index in [9.17, 15) is 62.6 Å². The van der Waals surface area contributed by atoms with Gasteiger partial charge < -0.3 is 66.8 Å². The molecule has 1 fully saturated rings. The van der Waals surface area contributed by atoms with E-state index in [1.54, 1.807) is 20.8 Å². The second kappa shape index (κ2) is 36.7. The monoisotopic (exact) mass is 1250 g/mol. The predicted octanol–water partition coefficient (Wildman–Crippen LogP) is 3.04. The highest BCUT2D eigenvalue weighted by atomic mass is 32.2. The molecule has 1 rings (SSSR count). The first-order chi connectivity index (χ1) is 40.2. The summed E-state index contributed by atoms with van der Waals surface area (Å²) in [6.45, 7) is 25.8. The Labute approximate surface area is 521 Å². The molecule has 0 radical (unpaired) electrons. The molecule has 0 saturated carbocycles. The lowest BCUT2D eigenvalue weighted by atomic mass is 9.96. The van der Waals surface area contributed by atoms with Crippen LogP contribution in [0.5, 0.6) is 0 Å². The molecule has 12 atom stereocenters. The van der Waals surface area contributed by atoms with Gasteiger partial charge in [-0.2, -0.15) is 0 Å². The number of urea groups is 1. The van der Waals surface area contributed by atoms with Gasteiger partial charge in [0.15, 0.2) is 0 Å². The molecule has 1 saturated heterocycles. The highest BCUT2D eigenvalue weighted by Crippen LogP contribution is 2.27. The summed E-state index contributed by atoms with van der Waals surface area (Å²) in [5.41, 5.74) is 5.99. The van der Waals surface area contributed by atoms with E-state index in [2.05, 4.69) is 26.6 Å². The van der Waals surface area contributed by atoms with Gasteiger partial charge in [-0.1, -0.05) is 95.2 Å². The molecule has 87 heavy (non-hydrogen) atoms. The summed E-state index contributed by atoms with van der Waals surface area (Å²) in [5.74, 6) is -10.2. The van der Waals surface area contributed by atoms with Crippen LogP contribution < -0.4 is 32.3 Å². The van der Waals surface area contributed by atoms with Gasteiger partial charge >= 0.3 is 12.0 Å². The summed E-state index contributed by atoms with van der Waals surface area (Å²) >= 11 is 0.767. The van der Waals surface area contributed by atoms with Crippen LogP contribution in [0.25, 0.3) is 0 Å². The molecule has 0 aliphatic carbocycles. The Hall–Kier alpha value is -6.47. The van der Waals surface area contributed by atoms with E-state index in [-0.39, 0.29) is 73.9 Å². The van der Waals surface area contributed by atoms with Crippen LogP contribution in [0.15, 0.2) is 12.2 Å². The lowest BCUT2D eigenvalue weighted by Gasteiger charge is -2.38. The Morgan fingerprint density at radius 3 is 1.48 bits per heavy atom. The Balaban J connectivity index is 4.20. The number of primary amides is 1. The summed E-state index contributed by atoms with van der Waals surface area (Å²) in [4.78, 5) is 177. The summed E-state index contributed by atoms with van der Waals surface area (Å²) in [5, 5.41) is 22.9. The average molecular weight is 1250 g/mol. The number of likely N-dealkylation sites (N-methyl/N-ethyl adjacent to an activating group) is 6.